The van der Waals surface area contributed by atoms with Crippen LogP contribution in [0.25, 0.3) is 0 Å². The zero-order valence-electron chi connectivity index (χ0n) is 15.1. The molecule has 22 heavy (non-hydrogen) atoms. The van der Waals surface area contributed by atoms with E-state index in [1.54, 1.807) is 12.1 Å². The van der Waals surface area contributed by atoms with Crippen LogP contribution in [-0.4, -0.2) is 13.9 Å². The van der Waals surface area contributed by atoms with Crippen LogP contribution in [0.5, 0.6) is 0 Å². The summed E-state index contributed by atoms with van der Waals surface area (Å²) in [4.78, 5) is 12.1. The lowest BCUT2D eigenvalue weighted by Gasteiger charge is -2.38. The monoisotopic (exact) mass is 318 g/mol. The molecule has 0 radical (unpaired) electrons. The number of hydrogen-bond donors (Lipinski definition) is 0. The lowest BCUT2D eigenvalue weighted by molar-refractivity contribution is 0.0946. The Morgan fingerprint density at radius 1 is 1.09 bits per heavy atom. The van der Waals surface area contributed by atoms with Crippen molar-refractivity contribution >= 4 is 13.9 Å². The van der Waals surface area contributed by atoms with Crippen molar-refractivity contribution in [2.45, 2.75) is 71.5 Å². The number of carbonyl (C=O) groups excluding carboxylic acids is 1. The molecule has 2 nitrogen and oxygen atoms in total. The minimum absolute atomic E-state index is 0.0395. The molecule has 0 N–H and O–H groups in total. The van der Waals surface area contributed by atoms with Crippen molar-refractivity contribution in [1.29, 1.82) is 0 Å². The van der Waals surface area contributed by atoms with Crippen molar-refractivity contribution in [3.05, 3.63) is 24.2 Å². The molecule has 0 saturated carbocycles. The molecule has 1 heterocycles. The fraction of sp³-hybridized carbons (Fsp3) is 0.632. The van der Waals surface area contributed by atoms with Crippen molar-refractivity contribution in [3.63, 3.8) is 0 Å². The van der Waals surface area contributed by atoms with E-state index in [-0.39, 0.29) is 11.7 Å². The topological polar surface area (TPSA) is 30.2 Å². The fourth-order valence-electron chi connectivity index (χ4n) is 3.55. The van der Waals surface area contributed by atoms with Crippen LogP contribution >= 0.6 is 0 Å². The largest absolute Gasteiger partial charge is 0.461 e. The smallest absolute Gasteiger partial charge is 0.199 e. The first-order chi connectivity index (χ1) is 10.2. The van der Waals surface area contributed by atoms with Crippen LogP contribution in [0.1, 0.15) is 65.4 Å². The van der Waals surface area contributed by atoms with Crippen LogP contribution in [0.4, 0.5) is 0 Å². The van der Waals surface area contributed by atoms with E-state index in [1.807, 2.05) is 6.92 Å². The Morgan fingerprint density at radius 3 is 2.05 bits per heavy atom. The molecule has 1 aromatic rings. The molecule has 0 aromatic carbocycles. The predicted octanol–water partition coefficient (Wildman–Crippen LogP) is 5.71. The van der Waals surface area contributed by atoms with Gasteiger partial charge in [0.15, 0.2) is 11.5 Å². The molecule has 1 aromatic heterocycles. The summed E-state index contributed by atoms with van der Waals surface area (Å²) in [7, 11) is -1.70. The normalized spacial score (nSPS) is 13.4. The van der Waals surface area contributed by atoms with Gasteiger partial charge in [0.2, 0.25) is 0 Å². The van der Waals surface area contributed by atoms with E-state index in [0.717, 1.165) is 0 Å². The predicted molar refractivity (Wildman–Crippen MR) is 95.6 cm³/mol. The Kier molecular flexibility index (Phi) is 6.68. The van der Waals surface area contributed by atoms with Gasteiger partial charge in [0, 0.05) is 12.3 Å². The maximum Gasteiger partial charge on any atom is 0.199 e. The van der Waals surface area contributed by atoms with Crippen molar-refractivity contribution in [1.82, 2.24) is 0 Å². The second-order valence-electron chi connectivity index (χ2n) is 7.17. The molecule has 0 saturated heterocycles. The van der Waals surface area contributed by atoms with Crippen molar-refractivity contribution < 1.29 is 9.21 Å². The van der Waals surface area contributed by atoms with E-state index >= 15 is 0 Å². The first-order valence-electron chi connectivity index (χ1n) is 8.31. The van der Waals surface area contributed by atoms with Gasteiger partial charge in [-0.25, -0.2) is 0 Å². The minimum atomic E-state index is -1.70. The van der Waals surface area contributed by atoms with Gasteiger partial charge in [-0.15, -0.1) is 11.5 Å². The highest BCUT2D eigenvalue weighted by molar-refractivity contribution is 6.90. The molecule has 1 rings (SSSR count). The first kappa shape index (κ1) is 18.8. The molecule has 0 amide bonds. The Bertz CT molecular complexity index is 508. The number of ketones is 1. The maximum atomic E-state index is 12.1. The Balaban J connectivity index is 2.91. The molecule has 0 unspecified atom stereocenters. The summed E-state index contributed by atoms with van der Waals surface area (Å²) in [5.41, 5.74) is 5.54. The standard InChI is InChI=1S/C19H30O2Si/c1-14(2)22(15(3)4,16(5)6)12-10-17(7)13-18(20)19-9-8-11-21-19/h8-9,11,14-17H,13H2,1-7H3/t17-/m1/s1. The number of rotatable bonds is 6. The maximum absolute atomic E-state index is 12.1. The van der Waals surface area contributed by atoms with E-state index in [0.29, 0.717) is 28.8 Å². The van der Waals surface area contributed by atoms with Gasteiger partial charge < -0.3 is 4.42 Å². The molecule has 0 aliphatic rings. The third-order valence-corrected chi connectivity index (χ3v) is 11.0. The molecular weight excluding hydrogens is 288 g/mol. The van der Waals surface area contributed by atoms with Crippen LogP contribution in [0.15, 0.2) is 22.8 Å². The first-order valence-corrected chi connectivity index (χ1v) is 10.5. The molecule has 0 aliphatic carbocycles. The second-order valence-corrected chi connectivity index (χ2v) is 12.8. The summed E-state index contributed by atoms with van der Waals surface area (Å²) >= 11 is 0. The van der Waals surface area contributed by atoms with Gasteiger partial charge in [-0.2, -0.15) is 0 Å². The van der Waals surface area contributed by atoms with Crippen molar-refractivity contribution in [2.24, 2.45) is 5.92 Å². The lowest BCUT2D eigenvalue weighted by Crippen LogP contribution is -2.43. The summed E-state index contributed by atoms with van der Waals surface area (Å²) in [5.74, 6) is 3.96. The van der Waals surface area contributed by atoms with Crippen molar-refractivity contribution in [3.8, 4) is 11.5 Å². The average molecular weight is 319 g/mol. The zero-order valence-corrected chi connectivity index (χ0v) is 16.1. The van der Waals surface area contributed by atoms with Crippen LogP contribution in [0, 0.1) is 17.4 Å². The van der Waals surface area contributed by atoms with Gasteiger partial charge in [-0.05, 0) is 28.8 Å². The van der Waals surface area contributed by atoms with E-state index in [9.17, 15) is 4.79 Å². The third kappa shape index (κ3) is 4.13. The van der Waals surface area contributed by atoms with Gasteiger partial charge >= 0.3 is 0 Å². The van der Waals surface area contributed by atoms with Gasteiger partial charge in [0.05, 0.1) is 6.26 Å². The minimum Gasteiger partial charge on any atom is -0.461 e. The molecular formula is C19H30O2Si. The number of Topliss-reactive ketones (excluding diaryl/α,β-unsaturated/α-hetero) is 1. The van der Waals surface area contributed by atoms with Crippen molar-refractivity contribution in [2.75, 3.05) is 0 Å². The summed E-state index contributed by atoms with van der Waals surface area (Å²) in [6, 6.07) is 3.47. The van der Waals surface area contributed by atoms with Gasteiger partial charge in [0.1, 0.15) is 8.07 Å². The quantitative estimate of drug-likeness (QED) is 0.382. The van der Waals surface area contributed by atoms with Crippen LogP contribution < -0.4 is 0 Å². The van der Waals surface area contributed by atoms with Crippen LogP contribution in [0.3, 0.4) is 0 Å². The summed E-state index contributed by atoms with van der Waals surface area (Å²) < 4.78 is 5.17. The highest BCUT2D eigenvalue weighted by Gasteiger charge is 2.41. The number of hydrogen-bond acceptors (Lipinski definition) is 2. The van der Waals surface area contributed by atoms with E-state index in [2.05, 4.69) is 53.0 Å². The van der Waals surface area contributed by atoms with Crippen LogP contribution in [-0.2, 0) is 0 Å². The van der Waals surface area contributed by atoms with E-state index in [4.69, 9.17) is 4.42 Å². The lowest BCUT2D eigenvalue weighted by atomic mass is 10.0. The third-order valence-electron chi connectivity index (χ3n) is 4.69. The fourth-order valence-corrected chi connectivity index (χ4v) is 8.91. The van der Waals surface area contributed by atoms with Gasteiger partial charge in [0.25, 0.3) is 0 Å². The summed E-state index contributed by atoms with van der Waals surface area (Å²) in [6.07, 6.45) is 1.97. The highest BCUT2D eigenvalue weighted by atomic mass is 28.3. The SMILES string of the molecule is CC(C)[Si](C#C[C@@H](C)CC(=O)c1ccco1)(C(C)C)C(C)C. The molecule has 0 spiro atoms. The Morgan fingerprint density at radius 2 is 1.64 bits per heavy atom. The zero-order chi connectivity index (χ0) is 16.9. The number of furan rings is 1. The van der Waals surface area contributed by atoms with Crippen LogP contribution in [0.2, 0.25) is 16.6 Å². The van der Waals surface area contributed by atoms with E-state index in [1.165, 1.54) is 6.26 Å². The molecule has 0 bridgehead atoms. The average Bonchev–Trinajstić information content (AvgIpc) is 2.91. The Labute approximate surface area is 136 Å². The molecule has 122 valence electrons. The molecule has 0 fully saturated rings. The molecule has 0 aliphatic heterocycles. The Hall–Kier alpha value is -1.27. The van der Waals surface area contributed by atoms with Gasteiger partial charge in [-0.3, -0.25) is 4.79 Å². The highest BCUT2D eigenvalue weighted by Crippen LogP contribution is 2.40. The van der Waals surface area contributed by atoms with E-state index < -0.39 is 8.07 Å². The number of carbonyl (C=O) groups is 1. The van der Waals surface area contributed by atoms with Gasteiger partial charge in [-0.1, -0.05) is 48.5 Å². The molecule has 1 atom stereocenters. The molecule has 3 heteroatoms. The summed E-state index contributed by atoms with van der Waals surface area (Å²) in [6.45, 7) is 15.9. The summed E-state index contributed by atoms with van der Waals surface area (Å²) in [5, 5.41) is 0. The second kappa shape index (κ2) is 7.83.